The Morgan fingerprint density at radius 3 is 2.81 bits per heavy atom. The Balaban J connectivity index is 1.23. The van der Waals surface area contributed by atoms with E-state index in [2.05, 4.69) is 50.9 Å². The van der Waals surface area contributed by atoms with Crippen LogP contribution in [0.3, 0.4) is 0 Å². The monoisotopic (exact) mass is 437 g/mol. The van der Waals surface area contributed by atoms with Crippen molar-refractivity contribution in [2.24, 2.45) is 5.92 Å². The number of amides is 1. The molecule has 1 saturated heterocycles. The number of carbonyl (C=O) groups is 1. The third kappa shape index (κ3) is 6.39. The zero-order chi connectivity index (χ0) is 21.5. The number of nitrogens with zero attached hydrogens (tertiary/aromatic N) is 4. The van der Waals surface area contributed by atoms with Crippen molar-refractivity contribution in [3.05, 3.63) is 82.6 Å². The first-order valence-corrected chi connectivity index (χ1v) is 11.2. The van der Waals surface area contributed by atoms with Gasteiger partial charge in [-0.1, -0.05) is 59.3 Å². The Hall–Kier alpha value is -2.70. The van der Waals surface area contributed by atoms with E-state index < -0.39 is 0 Å². The molecule has 6 nitrogen and oxygen atoms in total. The summed E-state index contributed by atoms with van der Waals surface area (Å²) in [5.41, 5.74) is 2.74. The average Bonchev–Trinajstić information content (AvgIpc) is 3.26. The van der Waals surface area contributed by atoms with E-state index >= 15 is 0 Å². The van der Waals surface area contributed by atoms with Crippen LogP contribution in [0.15, 0.2) is 60.8 Å². The molecule has 1 N–H and O–H groups in total. The fraction of sp³-hybridized carbons (Fsp3) is 0.375. The molecule has 3 aromatic rings. The number of hydrogen-bond donors (Lipinski definition) is 1. The molecule has 0 radical (unpaired) electrons. The Bertz CT molecular complexity index is 990. The number of carbonyl (C=O) groups excluding carboxylic acids is 1. The van der Waals surface area contributed by atoms with Gasteiger partial charge in [-0.3, -0.25) is 4.79 Å². The van der Waals surface area contributed by atoms with Crippen molar-refractivity contribution in [2.45, 2.75) is 25.8 Å². The summed E-state index contributed by atoms with van der Waals surface area (Å²) in [4.78, 5) is 15.0. The first kappa shape index (κ1) is 21.5. The molecule has 2 aromatic carbocycles. The quantitative estimate of drug-likeness (QED) is 0.584. The summed E-state index contributed by atoms with van der Waals surface area (Å²) in [5, 5.41) is 11.8. The Morgan fingerprint density at radius 2 is 1.97 bits per heavy atom. The molecule has 1 fully saturated rings. The van der Waals surface area contributed by atoms with Gasteiger partial charge in [0.15, 0.2) is 5.69 Å². The summed E-state index contributed by atoms with van der Waals surface area (Å²) in [5.74, 6) is 0.300. The van der Waals surface area contributed by atoms with Gasteiger partial charge in [0.2, 0.25) is 0 Å². The lowest BCUT2D eigenvalue weighted by Crippen LogP contribution is -2.41. The second-order valence-electron chi connectivity index (χ2n) is 8.19. The van der Waals surface area contributed by atoms with E-state index in [1.54, 1.807) is 10.9 Å². The van der Waals surface area contributed by atoms with Crippen LogP contribution in [-0.2, 0) is 13.0 Å². The van der Waals surface area contributed by atoms with E-state index in [1.165, 1.54) is 12.0 Å². The Labute approximate surface area is 188 Å². The van der Waals surface area contributed by atoms with E-state index in [-0.39, 0.29) is 5.91 Å². The third-order valence-corrected chi connectivity index (χ3v) is 5.95. The zero-order valence-electron chi connectivity index (χ0n) is 17.6. The van der Waals surface area contributed by atoms with Gasteiger partial charge < -0.3 is 10.2 Å². The van der Waals surface area contributed by atoms with Crippen LogP contribution in [0.4, 0.5) is 0 Å². The molecule has 0 unspecified atom stereocenters. The molecule has 0 aliphatic carbocycles. The van der Waals surface area contributed by atoms with Crippen LogP contribution in [0, 0.1) is 5.92 Å². The van der Waals surface area contributed by atoms with Crippen LogP contribution in [0.5, 0.6) is 0 Å². The Morgan fingerprint density at radius 1 is 1.13 bits per heavy atom. The van der Waals surface area contributed by atoms with E-state index in [1.807, 2.05) is 24.3 Å². The SMILES string of the molecule is O=C(NC[C@H]1CCCN(CCc2ccccc2)C1)c1cn(Cc2cccc(Cl)c2)nn1. The summed E-state index contributed by atoms with van der Waals surface area (Å²) in [6, 6.07) is 18.2. The van der Waals surface area contributed by atoms with Gasteiger partial charge in [0.25, 0.3) is 5.91 Å². The van der Waals surface area contributed by atoms with Crippen LogP contribution < -0.4 is 5.32 Å². The van der Waals surface area contributed by atoms with Crippen LogP contribution in [0.2, 0.25) is 5.02 Å². The molecule has 7 heteroatoms. The zero-order valence-corrected chi connectivity index (χ0v) is 18.3. The van der Waals surface area contributed by atoms with Crippen molar-refractivity contribution in [1.82, 2.24) is 25.2 Å². The van der Waals surface area contributed by atoms with E-state index in [0.29, 0.717) is 29.7 Å². The third-order valence-electron chi connectivity index (χ3n) is 5.72. The van der Waals surface area contributed by atoms with Gasteiger partial charge in [0.1, 0.15) is 0 Å². The molecular formula is C24H28ClN5O. The maximum absolute atomic E-state index is 12.5. The van der Waals surface area contributed by atoms with Gasteiger partial charge in [-0.05, 0) is 55.0 Å². The molecule has 1 aliphatic rings. The van der Waals surface area contributed by atoms with Crippen molar-refractivity contribution in [3.8, 4) is 0 Å². The minimum absolute atomic E-state index is 0.168. The molecule has 1 atom stereocenters. The minimum atomic E-state index is -0.168. The molecule has 1 aliphatic heterocycles. The van der Waals surface area contributed by atoms with Gasteiger partial charge in [0.05, 0.1) is 12.7 Å². The lowest BCUT2D eigenvalue weighted by atomic mass is 9.97. The smallest absolute Gasteiger partial charge is 0.273 e. The van der Waals surface area contributed by atoms with E-state index in [9.17, 15) is 4.79 Å². The average molecular weight is 438 g/mol. The largest absolute Gasteiger partial charge is 0.350 e. The summed E-state index contributed by atoms with van der Waals surface area (Å²) >= 11 is 6.03. The van der Waals surface area contributed by atoms with Crippen LogP contribution in [0.1, 0.15) is 34.5 Å². The van der Waals surface area contributed by atoms with Gasteiger partial charge in [-0.15, -0.1) is 5.10 Å². The minimum Gasteiger partial charge on any atom is -0.350 e. The lowest BCUT2D eigenvalue weighted by molar-refractivity contribution is 0.0927. The molecule has 1 aromatic heterocycles. The second kappa shape index (κ2) is 10.6. The van der Waals surface area contributed by atoms with Crippen molar-refractivity contribution in [3.63, 3.8) is 0 Å². The van der Waals surface area contributed by atoms with E-state index in [4.69, 9.17) is 11.6 Å². The molecule has 0 saturated carbocycles. The highest BCUT2D eigenvalue weighted by Crippen LogP contribution is 2.17. The fourth-order valence-corrected chi connectivity index (χ4v) is 4.30. The lowest BCUT2D eigenvalue weighted by Gasteiger charge is -2.32. The first-order valence-electron chi connectivity index (χ1n) is 10.8. The van der Waals surface area contributed by atoms with Crippen LogP contribution >= 0.6 is 11.6 Å². The first-order chi connectivity index (χ1) is 15.2. The standard InChI is InChI=1S/C24H28ClN5O/c25-22-10-4-8-20(14-22)17-30-18-23(27-28-30)24(31)26-15-21-9-5-12-29(16-21)13-11-19-6-2-1-3-7-19/h1-4,6-8,10,14,18,21H,5,9,11-13,15-17H2,(H,26,31)/t21-/m1/s1. The number of piperidine rings is 1. The van der Waals surface area contributed by atoms with Crippen molar-refractivity contribution >= 4 is 17.5 Å². The van der Waals surface area contributed by atoms with Gasteiger partial charge in [0, 0.05) is 24.7 Å². The van der Waals surface area contributed by atoms with E-state index in [0.717, 1.165) is 38.0 Å². The fourth-order valence-electron chi connectivity index (χ4n) is 4.08. The maximum atomic E-state index is 12.5. The Kier molecular flexibility index (Phi) is 7.33. The molecule has 31 heavy (non-hydrogen) atoms. The molecule has 0 bridgehead atoms. The van der Waals surface area contributed by atoms with Crippen molar-refractivity contribution in [2.75, 3.05) is 26.2 Å². The second-order valence-corrected chi connectivity index (χ2v) is 8.62. The summed E-state index contributed by atoms with van der Waals surface area (Å²) < 4.78 is 1.66. The number of likely N-dealkylation sites (tertiary alicyclic amines) is 1. The van der Waals surface area contributed by atoms with Gasteiger partial charge >= 0.3 is 0 Å². The molecule has 2 heterocycles. The summed E-state index contributed by atoms with van der Waals surface area (Å²) in [6.07, 6.45) is 5.06. The molecule has 162 valence electrons. The van der Waals surface area contributed by atoms with Crippen LogP contribution in [0.25, 0.3) is 0 Å². The molecular weight excluding hydrogens is 410 g/mol. The molecule has 1 amide bonds. The summed E-state index contributed by atoms with van der Waals surface area (Å²) in [7, 11) is 0. The molecule has 4 rings (SSSR count). The predicted octanol–water partition coefficient (Wildman–Crippen LogP) is 3.66. The van der Waals surface area contributed by atoms with Crippen molar-refractivity contribution < 1.29 is 4.79 Å². The predicted molar refractivity (Wildman–Crippen MR) is 122 cm³/mol. The van der Waals surface area contributed by atoms with Crippen molar-refractivity contribution in [1.29, 1.82) is 0 Å². The number of hydrogen-bond acceptors (Lipinski definition) is 4. The number of rotatable bonds is 8. The molecule has 0 spiro atoms. The normalized spacial score (nSPS) is 16.9. The highest BCUT2D eigenvalue weighted by atomic mass is 35.5. The highest BCUT2D eigenvalue weighted by molar-refractivity contribution is 6.30. The maximum Gasteiger partial charge on any atom is 0.273 e. The van der Waals surface area contributed by atoms with Crippen LogP contribution in [-0.4, -0.2) is 52.0 Å². The number of nitrogens with one attached hydrogen (secondary N) is 1. The topological polar surface area (TPSA) is 63.1 Å². The number of aromatic nitrogens is 3. The highest BCUT2D eigenvalue weighted by Gasteiger charge is 2.21. The number of halogens is 1. The number of benzene rings is 2. The summed E-state index contributed by atoms with van der Waals surface area (Å²) in [6.45, 7) is 4.41. The van der Waals surface area contributed by atoms with Gasteiger partial charge in [-0.2, -0.15) is 0 Å². The van der Waals surface area contributed by atoms with Gasteiger partial charge in [-0.25, -0.2) is 4.68 Å².